The van der Waals surface area contributed by atoms with Gasteiger partial charge in [-0.3, -0.25) is 14.8 Å². The summed E-state index contributed by atoms with van der Waals surface area (Å²) in [6.45, 7) is 1.94. The Labute approximate surface area is 142 Å². The van der Waals surface area contributed by atoms with Crippen LogP contribution in [0.15, 0.2) is 29.7 Å². The molecule has 4 rings (SSSR count). The summed E-state index contributed by atoms with van der Waals surface area (Å²) in [5.74, 6) is 0.504. The number of aromatic nitrogens is 6. The number of fused-ring (bicyclic) bond motifs is 1. The summed E-state index contributed by atoms with van der Waals surface area (Å²) < 4.78 is 0. The maximum Gasteiger partial charge on any atom is 0.255 e. The van der Waals surface area contributed by atoms with Crippen molar-refractivity contribution in [1.82, 2.24) is 35.0 Å². The number of halogens is 1. The van der Waals surface area contributed by atoms with Gasteiger partial charge in [0.05, 0.1) is 33.7 Å². The number of H-pyrrole nitrogens is 2. The van der Waals surface area contributed by atoms with Gasteiger partial charge in [-0.25, -0.2) is 15.0 Å². The lowest BCUT2D eigenvalue weighted by molar-refractivity contribution is 0.239. The third-order valence-corrected chi connectivity index (χ3v) is 4.35. The van der Waals surface area contributed by atoms with Gasteiger partial charge in [-0.1, -0.05) is 11.6 Å². The minimum absolute atomic E-state index is 0.126. The maximum absolute atomic E-state index is 12.5. The molecule has 4 heterocycles. The van der Waals surface area contributed by atoms with Crippen molar-refractivity contribution in [3.05, 3.63) is 57.2 Å². The zero-order valence-electron chi connectivity index (χ0n) is 12.7. The highest BCUT2D eigenvalue weighted by atomic mass is 35.5. The largest absolute Gasteiger partial charge is 0.306 e. The molecule has 0 atom stereocenters. The molecule has 0 amide bonds. The summed E-state index contributed by atoms with van der Waals surface area (Å²) in [4.78, 5) is 29.9. The molecule has 0 saturated carbocycles. The Morgan fingerprint density at radius 1 is 1.25 bits per heavy atom. The first-order chi connectivity index (χ1) is 11.7. The molecular weight excluding hydrogens is 330 g/mol. The fourth-order valence-corrected chi connectivity index (χ4v) is 2.96. The van der Waals surface area contributed by atoms with Gasteiger partial charge in [0.25, 0.3) is 5.56 Å². The zero-order chi connectivity index (χ0) is 16.5. The number of rotatable bonds is 3. The van der Waals surface area contributed by atoms with E-state index in [4.69, 9.17) is 11.6 Å². The fourth-order valence-electron chi connectivity index (χ4n) is 2.81. The lowest BCUT2D eigenvalue weighted by Crippen LogP contribution is -2.35. The van der Waals surface area contributed by atoms with Crippen molar-refractivity contribution in [2.24, 2.45) is 0 Å². The van der Waals surface area contributed by atoms with Gasteiger partial charge in [0.2, 0.25) is 0 Å². The summed E-state index contributed by atoms with van der Waals surface area (Å²) in [6.07, 6.45) is 6.99. The van der Waals surface area contributed by atoms with Crippen LogP contribution in [-0.2, 0) is 19.5 Å². The van der Waals surface area contributed by atoms with E-state index in [1.165, 1.54) is 6.33 Å². The minimum Gasteiger partial charge on any atom is -0.306 e. The molecular formula is C15H14ClN7O. The highest BCUT2D eigenvalue weighted by Gasteiger charge is 2.22. The molecule has 24 heavy (non-hydrogen) atoms. The molecule has 0 aliphatic carbocycles. The van der Waals surface area contributed by atoms with Crippen LogP contribution in [0.25, 0.3) is 11.4 Å². The molecule has 2 N–H and O–H groups in total. The Morgan fingerprint density at radius 2 is 2.08 bits per heavy atom. The molecule has 0 bridgehead atoms. The Hall–Kier alpha value is -2.58. The summed E-state index contributed by atoms with van der Waals surface area (Å²) in [6, 6.07) is 0. The molecule has 3 aromatic rings. The molecule has 0 spiro atoms. The van der Waals surface area contributed by atoms with Crippen LogP contribution in [-0.4, -0.2) is 41.6 Å². The van der Waals surface area contributed by atoms with E-state index in [-0.39, 0.29) is 5.56 Å². The average molecular weight is 344 g/mol. The first kappa shape index (κ1) is 15.0. The zero-order valence-corrected chi connectivity index (χ0v) is 13.4. The predicted octanol–water partition coefficient (Wildman–Crippen LogP) is 1.16. The summed E-state index contributed by atoms with van der Waals surface area (Å²) >= 11 is 6.07. The molecule has 122 valence electrons. The van der Waals surface area contributed by atoms with Crippen molar-refractivity contribution in [1.29, 1.82) is 0 Å². The van der Waals surface area contributed by atoms with Crippen LogP contribution in [0.1, 0.15) is 17.0 Å². The van der Waals surface area contributed by atoms with Crippen molar-refractivity contribution < 1.29 is 0 Å². The van der Waals surface area contributed by atoms with Gasteiger partial charge in [-0.15, -0.1) is 0 Å². The van der Waals surface area contributed by atoms with Crippen molar-refractivity contribution in [2.45, 2.75) is 19.5 Å². The second-order valence-electron chi connectivity index (χ2n) is 5.62. The van der Waals surface area contributed by atoms with E-state index >= 15 is 0 Å². The third kappa shape index (κ3) is 2.81. The minimum atomic E-state index is -0.126. The number of aromatic amines is 2. The second kappa shape index (κ2) is 6.14. The standard InChI is InChI=1S/C15H14ClN7O/c16-11-5-19-22-13(11)7-23-2-1-12-10(6-23)15(24)21-14(20-12)9-3-17-8-18-4-9/h3-5,8H,1-2,6-7H2,(H,19,22)(H,20,21,24). The molecule has 1 aliphatic heterocycles. The van der Waals surface area contributed by atoms with Crippen molar-refractivity contribution >= 4 is 11.6 Å². The molecule has 8 nitrogen and oxygen atoms in total. The Balaban J connectivity index is 1.61. The fraction of sp³-hybridized carbons (Fsp3) is 0.267. The van der Waals surface area contributed by atoms with E-state index in [0.717, 1.165) is 17.9 Å². The first-order valence-electron chi connectivity index (χ1n) is 7.48. The Kier molecular flexibility index (Phi) is 3.83. The van der Waals surface area contributed by atoms with Gasteiger partial charge in [0.15, 0.2) is 0 Å². The number of nitrogens with zero attached hydrogens (tertiary/aromatic N) is 5. The molecule has 3 aromatic heterocycles. The van der Waals surface area contributed by atoms with Gasteiger partial charge < -0.3 is 4.98 Å². The van der Waals surface area contributed by atoms with E-state index in [1.54, 1.807) is 18.6 Å². The van der Waals surface area contributed by atoms with E-state index in [1.807, 2.05) is 0 Å². The summed E-state index contributed by atoms with van der Waals surface area (Å²) in [5, 5.41) is 7.41. The maximum atomic E-state index is 12.5. The van der Waals surface area contributed by atoms with Crippen LogP contribution in [0, 0.1) is 0 Å². The summed E-state index contributed by atoms with van der Waals surface area (Å²) in [5.41, 5.74) is 2.94. The van der Waals surface area contributed by atoms with Gasteiger partial charge in [0, 0.05) is 38.4 Å². The van der Waals surface area contributed by atoms with Crippen molar-refractivity contribution in [2.75, 3.05) is 6.54 Å². The molecule has 0 aromatic carbocycles. The van der Waals surface area contributed by atoms with Crippen LogP contribution in [0.2, 0.25) is 5.02 Å². The smallest absolute Gasteiger partial charge is 0.255 e. The highest BCUT2D eigenvalue weighted by molar-refractivity contribution is 6.31. The SMILES string of the molecule is O=c1[nH]c(-c2cncnc2)nc2c1CN(Cc1[nH]ncc1Cl)CC2. The molecule has 0 fully saturated rings. The van der Waals surface area contributed by atoms with E-state index < -0.39 is 0 Å². The van der Waals surface area contributed by atoms with Gasteiger partial charge in [-0.05, 0) is 0 Å². The number of hydrogen-bond donors (Lipinski definition) is 2. The molecule has 1 aliphatic rings. The van der Waals surface area contributed by atoms with Gasteiger partial charge >= 0.3 is 0 Å². The highest BCUT2D eigenvalue weighted by Crippen LogP contribution is 2.20. The van der Waals surface area contributed by atoms with Crippen molar-refractivity contribution in [3.63, 3.8) is 0 Å². The molecule has 0 unspecified atom stereocenters. The van der Waals surface area contributed by atoms with Crippen molar-refractivity contribution in [3.8, 4) is 11.4 Å². The molecule has 0 radical (unpaired) electrons. The van der Waals surface area contributed by atoms with Crippen LogP contribution >= 0.6 is 11.6 Å². The lowest BCUT2D eigenvalue weighted by Gasteiger charge is -2.27. The van der Waals surface area contributed by atoms with Crippen LogP contribution in [0.4, 0.5) is 0 Å². The number of nitrogens with one attached hydrogen (secondary N) is 2. The average Bonchev–Trinajstić information content (AvgIpc) is 3.01. The van der Waals surface area contributed by atoms with E-state index in [2.05, 4.69) is 35.0 Å². The molecule has 9 heteroatoms. The Bertz CT molecular complexity index is 921. The van der Waals surface area contributed by atoms with Gasteiger partial charge in [0.1, 0.15) is 12.2 Å². The van der Waals surface area contributed by atoms with E-state index in [0.29, 0.717) is 41.5 Å². The predicted molar refractivity (Wildman–Crippen MR) is 87.3 cm³/mol. The van der Waals surface area contributed by atoms with Gasteiger partial charge in [-0.2, -0.15) is 5.10 Å². The first-order valence-corrected chi connectivity index (χ1v) is 7.86. The lowest BCUT2D eigenvalue weighted by atomic mass is 10.1. The normalized spacial score (nSPS) is 14.5. The summed E-state index contributed by atoms with van der Waals surface area (Å²) in [7, 11) is 0. The number of hydrogen-bond acceptors (Lipinski definition) is 6. The Morgan fingerprint density at radius 3 is 2.83 bits per heavy atom. The topological polar surface area (TPSA) is 103 Å². The monoisotopic (exact) mass is 343 g/mol. The quantitative estimate of drug-likeness (QED) is 0.739. The van der Waals surface area contributed by atoms with E-state index in [9.17, 15) is 4.79 Å². The van der Waals surface area contributed by atoms with Crippen LogP contribution < -0.4 is 5.56 Å². The third-order valence-electron chi connectivity index (χ3n) is 4.03. The second-order valence-corrected chi connectivity index (χ2v) is 6.03. The van der Waals surface area contributed by atoms with Crippen LogP contribution in [0.3, 0.4) is 0 Å². The van der Waals surface area contributed by atoms with Crippen LogP contribution in [0.5, 0.6) is 0 Å². The molecule has 0 saturated heterocycles.